The normalized spacial score (nSPS) is 11.8. The van der Waals surface area contributed by atoms with Crippen molar-refractivity contribution in [1.29, 1.82) is 0 Å². The number of aryl methyl sites for hydroxylation is 1. The predicted octanol–water partition coefficient (Wildman–Crippen LogP) is 3.84. The number of halogens is 1. The zero-order chi connectivity index (χ0) is 22.4. The topological polar surface area (TPSA) is 86.8 Å². The Bertz CT molecular complexity index is 959. The third-order valence-corrected chi connectivity index (χ3v) is 4.71. The Morgan fingerprint density at radius 1 is 1.20 bits per heavy atom. The van der Waals surface area contributed by atoms with Gasteiger partial charge in [0.25, 0.3) is 0 Å². The van der Waals surface area contributed by atoms with Crippen molar-refractivity contribution in [3.63, 3.8) is 0 Å². The van der Waals surface area contributed by atoms with Crippen molar-refractivity contribution in [2.45, 2.75) is 34.1 Å². The number of hydrogen-bond donors (Lipinski definition) is 1. The van der Waals surface area contributed by atoms with Crippen LogP contribution in [0.25, 0.3) is 11.1 Å². The molecule has 1 N–H and O–H groups in total. The van der Waals surface area contributed by atoms with Crippen molar-refractivity contribution in [1.82, 2.24) is 4.98 Å². The van der Waals surface area contributed by atoms with Crippen molar-refractivity contribution >= 4 is 17.6 Å². The monoisotopic (exact) mass is 418 g/mol. The molecule has 0 fully saturated rings. The molecule has 0 saturated heterocycles. The molecule has 30 heavy (non-hydrogen) atoms. The standard InChI is InChI=1S/C20H21FN2O5.C2H6/c1-10-16(12-5-6-14-19(17(12)21)22-7-8-28-14)13(9-15(24)26-3)11(2)23-18(10)20(25)27-4;1-2/h5-6,22H,7-9H2,1-4H3;1-2H3. The van der Waals surface area contributed by atoms with Crippen LogP contribution in [0.1, 0.15) is 41.2 Å². The van der Waals surface area contributed by atoms with Gasteiger partial charge < -0.3 is 19.5 Å². The average Bonchev–Trinajstić information content (AvgIpc) is 2.78. The molecule has 8 heteroatoms. The number of nitrogens with one attached hydrogen (secondary N) is 1. The second-order valence-corrected chi connectivity index (χ2v) is 6.34. The van der Waals surface area contributed by atoms with Gasteiger partial charge in [0.15, 0.2) is 11.5 Å². The molecule has 0 saturated carbocycles. The molecule has 0 spiro atoms. The van der Waals surface area contributed by atoms with Crippen LogP contribution in [0, 0.1) is 19.7 Å². The second-order valence-electron chi connectivity index (χ2n) is 6.34. The van der Waals surface area contributed by atoms with Crippen molar-refractivity contribution in [3.8, 4) is 16.9 Å². The maximum Gasteiger partial charge on any atom is 0.356 e. The van der Waals surface area contributed by atoms with Gasteiger partial charge in [0.1, 0.15) is 18.0 Å². The summed E-state index contributed by atoms with van der Waals surface area (Å²) in [6, 6.07) is 3.24. The lowest BCUT2D eigenvalue weighted by atomic mass is 9.90. The number of carbonyl (C=O) groups is 2. The molecule has 1 aliphatic heterocycles. The van der Waals surface area contributed by atoms with E-state index in [2.05, 4.69) is 10.3 Å². The van der Waals surface area contributed by atoms with E-state index < -0.39 is 17.8 Å². The van der Waals surface area contributed by atoms with E-state index >= 15 is 4.39 Å². The SMILES string of the molecule is CC.COC(=O)Cc1c(C)nc(C(=O)OC)c(C)c1-c1ccc2c(c1F)NCCO2. The lowest BCUT2D eigenvalue weighted by Gasteiger charge is -2.23. The molecule has 3 rings (SSSR count). The second kappa shape index (κ2) is 10.0. The lowest BCUT2D eigenvalue weighted by Crippen LogP contribution is -2.20. The Hall–Kier alpha value is -3.16. The summed E-state index contributed by atoms with van der Waals surface area (Å²) in [5.41, 5.74) is 2.33. The molecule has 0 amide bonds. The largest absolute Gasteiger partial charge is 0.489 e. The van der Waals surface area contributed by atoms with Crippen LogP contribution in [0.2, 0.25) is 0 Å². The molecule has 2 heterocycles. The first-order valence-electron chi connectivity index (χ1n) is 9.73. The van der Waals surface area contributed by atoms with Gasteiger partial charge in [-0.05, 0) is 42.7 Å². The summed E-state index contributed by atoms with van der Waals surface area (Å²) in [7, 11) is 2.53. The number of ether oxygens (including phenoxy) is 3. The van der Waals surface area contributed by atoms with Crippen LogP contribution in [0.15, 0.2) is 12.1 Å². The van der Waals surface area contributed by atoms with E-state index in [1.54, 1.807) is 26.0 Å². The molecule has 7 nitrogen and oxygen atoms in total. The maximum absolute atomic E-state index is 15.4. The highest BCUT2D eigenvalue weighted by Gasteiger charge is 2.26. The Morgan fingerprint density at radius 3 is 2.53 bits per heavy atom. The van der Waals surface area contributed by atoms with Crippen LogP contribution in [0.5, 0.6) is 5.75 Å². The molecule has 162 valence electrons. The van der Waals surface area contributed by atoms with Crippen LogP contribution in [-0.4, -0.2) is 44.3 Å². The number of benzene rings is 1. The van der Waals surface area contributed by atoms with E-state index in [0.29, 0.717) is 41.3 Å². The molecule has 0 unspecified atom stereocenters. The van der Waals surface area contributed by atoms with Gasteiger partial charge in [-0.2, -0.15) is 0 Å². The highest BCUT2D eigenvalue weighted by atomic mass is 19.1. The van der Waals surface area contributed by atoms with Crippen LogP contribution in [0.4, 0.5) is 10.1 Å². The summed E-state index contributed by atoms with van der Waals surface area (Å²) < 4.78 is 30.4. The van der Waals surface area contributed by atoms with Gasteiger partial charge in [0, 0.05) is 17.8 Å². The molecular weight excluding hydrogens is 391 g/mol. The van der Waals surface area contributed by atoms with E-state index in [-0.39, 0.29) is 23.4 Å². The van der Waals surface area contributed by atoms with Gasteiger partial charge >= 0.3 is 11.9 Å². The molecule has 1 aromatic carbocycles. The highest BCUT2D eigenvalue weighted by Crippen LogP contribution is 2.40. The summed E-state index contributed by atoms with van der Waals surface area (Å²) in [6.45, 7) is 8.23. The van der Waals surface area contributed by atoms with Gasteiger partial charge in [0.2, 0.25) is 0 Å². The summed E-state index contributed by atoms with van der Waals surface area (Å²) in [5, 5.41) is 3.00. The van der Waals surface area contributed by atoms with Gasteiger partial charge in [-0.25, -0.2) is 14.2 Å². The molecular formula is C22H27FN2O5. The third-order valence-electron chi connectivity index (χ3n) is 4.71. The van der Waals surface area contributed by atoms with Gasteiger partial charge in [-0.15, -0.1) is 0 Å². The molecule has 2 aromatic rings. The number of methoxy groups -OCH3 is 2. The van der Waals surface area contributed by atoms with Crippen molar-refractivity contribution in [2.75, 3.05) is 32.7 Å². The zero-order valence-corrected chi connectivity index (χ0v) is 18.1. The van der Waals surface area contributed by atoms with E-state index in [0.717, 1.165) is 0 Å². The fraction of sp³-hybridized carbons (Fsp3) is 0.409. The number of aromatic nitrogens is 1. The summed E-state index contributed by atoms with van der Waals surface area (Å²) in [4.78, 5) is 28.4. The fourth-order valence-corrected chi connectivity index (χ4v) is 3.31. The van der Waals surface area contributed by atoms with Crippen molar-refractivity contribution in [3.05, 3.63) is 40.5 Å². The average molecular weight is 418 g/mol. The number of fused-ring (bicyclic) bond motifs is 1. The number of rotatable bonds is 4. The van der Waals surface area contributed by atoms with Gasteiger partial charge in [0.05, 0.1) is 20.6 Å². The minimum atomic E-state index is -0.633. The van der Waals surface area contributed by atoms with Crippen molar-refractivity contribution in [2.24, 2.45) is 0 Å². The van der Waals surface area contributed by atoms with Gasteiger partial charge in [-0.1, -0.05) is 13.8 Å². The van der Waals surface area contributed by atoms with Crippen LogP contribution >= 0.6 is 0 Å². The fourth-order valence-electron chi connectivity index (χ4n) is 3.31. The summed E-state index contributed by atoms with van der Waals surface area (Å²) in [6.07, 6.45) is -0.104. The first-order valence-corrected chi connectivity index (χ1v) is 9.73. The number of anilines is 1. The number of carbonyl (C=O) groups excluding carboxylic acids is 2. The number of hydrogen-bond acceptors (Lipinski definition) is 7. The molecule has 1 aliphatic rings. The van der Waals surface area contributed by atoms with Crippen LogP contribution < -0.4 is 10.1 Å². The summed E-state index contributed by atoms with van der Waals surface area (Å²) >= 11 is 0. The molecule has 0 bridgehead atoms. The quantitative estimate of drug-likeness (QED) is 0.755. The Morgan fingerprint density at radius 2 is 1.90 bits per heavy atom. The van der Waals surface area contributed by atoms with E-state index in [1.807, 2.05) is 13.8 Å². The minimum Gasteiger partial charge on any atom is -0.489 e. The first kappa shape index (κ1) is 23.1. The molecule has 0 radical (unpaired) electrons. The predicted molar refractivity (Wildman–Crippen MR) is 111 cm³/mol. The molecule has 0 atom stereocenters. The highest BCUT2D eigenvalue weighted by molar-refractivity contribution is 5.93. The summed E-state index contributed by atoms with van der Waals surface area (Å²) in [5.74, 6) is -1.23. The zero-order valence-electron chi connectivity index (χ0n) is 18.1. The maximum atomic E-state index is 15.4. The third kappa shape index (κ3) is 4.37. The number of esters is 2. The van der Waals surface area contributed by atoms with E-state index in [4.69, 9.17) is 14.2 Å². The first-order chi connectivity index (χ1) is 14.4. The number of pyridine rings is 1. The van der Waals surface area contributed by atoms with E-state index in [9.17, 15) is 9.59 Å². The smallest absolute Gasteiger partial charge is 0.356 e. The van der Waals surface area contributed by atoms with Crippen LogP contribution in [0.3, 0.4) is 0 Å². The Labute approximate surface area is 175 Å². The molecule has 1 aromatic heterocycles. The van der Waals surface area contributed by atoms with Gasteiger partial charge in [-0.3, -0.25) is 4.79 Å². The minimum absolute atomic E-state index is 0.0740. The molecule has 0 aliphatic carbocycles. The van der Waals surface area contributed by atoms with Crippen molar-refractivity contribution < 1.29 is 28.2 Å². The lowest BCUT2D eigenvalue weighted by molar-refractivity contribution is -0.139. The van der Waals surface area contributed by atoms with Crippen LogP contribution in [-0.2, 0) is 20.7 Å². The van der Waals surface area contributed by atoms with E-state index in [1.165, 1.54) is 14.2 Å². The number of nitrogens with zero attached hydrogens (tertiary/aromatic N) is 1. The Kier molecular flexibility index (Phi) is 7.74. The Balaban J connectivity index is 0.00000155.